The van der Waals surface area contributed by atoms with Crippen molar-refractivity contribution in [3.05, 3.63) is 99.9 Å². The summed E-state index contributed by atoms with van der Waals surface area (Å²) in [5, 5.41) is 0.955. The molecule has 0 fully saturated rings. The molecule has 3 aromatic carbocycles. The molecule has 1 heterocycles. The lowest BCUT2D eigenvalue weighted by Crippen LogP contribution is -2.13. The number of para-hydroxylation sites is 1. The molecule has 0 spiro atoms. The molecule has 1 aromatic heterocycles. The SMILES string of the molecule is O=C(Oc1c(-c2ccccc2)c(=O)oc2ccccc12)c1cccc(Cl)c1. The fourth-order valence-electron chi connectivity index (χ4n) is 2.85. The van der Waals surface area contributed by atoms with Crippen LogP contribution in [0, 0.1) is 0 Å². The van der Waals surface area contributed by atoms with Crippen molar-refractivity contribution >= 4 is 28.5 Å². The predicted octanol–water partition coefficient (Wildman–Crippen LogP) is 5.33. The monoisotopic (exact) mass is 376 g/mol. The summed E-state index contributed by atoms with van der Waals surface area (Å²) in [6.07, 6.45) is 0. The van der Waals surface area contributed by atoms with Gasteiger partial charge >= 0.3 is 11.6 Å². The Labute approximate surface area is 159 Å². The van der Waals surface area contributed by atoms with Crippen molar-refractivity contribution in [2.45, 2.75) is 0 Å². The highest BCUT2D eigenvalue weighted by Crippen LogP contribution is 2.34. The maximum Gasteiger partial charge on any atom is 0.348 e. The standard InChI is InChI=1S/C22H13ClO4/c23-16-10-6-9-15(13-16)21(24)27-20-17-11-4-5-12-18(17)26-22(25)19(20)14-7-2-1-3-8-14/h1-13H. The smallest absolute Gasteiger partial charge is 0.348 e. The summed E-state index contributed by atoms with van der Waals surface area (Å²) in [5.74, 6) is -0.441. The first kappa shape index (κ1) is 17.1. The van der Waals surface area contributed by atoms with Gasteiger partial charge in [0.05, 0.1) is 10.9 Å². The van der Waals surface area contributed by atoms with Crippen molar-refractivity contribution in [2.24, 2.45) is 0 Å². The van der Waals surface area contributed by atoms with Crippen LogP contribution in [0.15, 0.2) is 88.1 Å². The van der Waals surface area contributed by atoms with Crippen LogP contribution in [-0.2, 0) is 0 Å². The van der Waals surface area contributed by atoms with Gasteiger partial charge in [0.15, 0.2) is 5.75 Å². The van der Waals surface area contributed by atoms with Crippen LogP contribution in [0.4, 0.5) is 0 Å². The summed E-state index contributed by atoms with van der Waals surface area (Å²) in [4.78, 5) is 25.3. The molecule has 27 heavy (non-hydrogen) atoms. The van der Waals surface area contributed by atoms with Gasteiger partial charge in [0.2, 0.25) is 0 Å². The van der Waals surface area contributed by atoms with Crippen LogP contribution in [0.2, 0.25) is 5.02 Å². The Morgan fingerprint density at radius 1 is 0.889 bits per heavy atom. The summed E-state index contributed by atoms with van der Waals surface area (Å²) in [6, 6.07) is 22.3. The number of ether oxygens (including phenoxy) is 1. The summed E-state index contributed by atoms with van der Waals surface area (Å²) < 4.78 is 11.1. The third kappa shape index (κ3) is 3.35. The molecule has 132 valence electrons. The Morgan fingerprint density at radius 3 is 2.41 bits per heavy atom. The van der Waals surface area contributed by atoms with E-state index in [1.54, 1.807) is 66.7 Å². The van der Waals surface area contributed by atoms with E-state index in [0.29, 0.717) is 27.1 Å². The number of halogens is 1. The van der Waals surface area contributed by atoms with Crippen LogP contribution < -0.4 is 10.4 Å². The van der Waals surface area contributed by atoms with Crippen LogP contribution >= 0.6 is 11.6 Å². The molecule has 0 aliphatic carbocycles. The van der Waals surface area contributed by atoms with Gasteiger partial charge in [-0.15, -0.1) is 0 Å². The molecule has 0 amide bonds. The Balaban J connectivity index is 1.92. The zero-order chi connectivity index (χ0) is 18.8. The van der Waals surface area contributed by atoms with Crippen LogP contribution in [0.25, 0.3) is 22.1 Å². The second-order valence-corrected chi connectivity index (χ2v) is 6.29. The zero-order valence-corrected chi connectivity index (χ0v) is 14.8. The van der Waals surface area contributed by atoms with Gasteiger partial charge in [-0.3, -0.25) is 0 Å². The highest BCUT2D eigenvalue weighted by Gasteiger charge is 2.21. The van der Waals surface area contributed by atoms with E-state index in [9.17, 15) is 9.59 Å². The van der Waals surface area contributed by atoms with Gasteiger partial charge in [0.25, 0.3) is 0 Å². The number of hydrogen-bond acceptors (Lipinski definition) is 4. The maximum absolute atomic E-state index is 12.7. The summed E-state index contributed by atoms with van der Waals surface area (Å²) in [5.41, 5.74) is 0.860. The van der Waals surface area contributed by atoms with Gasteiger partial charge in [-0.1, -0.05) is 60.1 Å². The van der Waals surface area contributed by atoms with Gasteiger partial charge in [-0.05, 0) is 35.9 Å². The van der Waals surface area contributed by atoms with Crippen LogP contribution in [0.1, 0.15) is 10.4 Å². The molecule has 0 saturated heterocycles. The van der Waals surface area contributed by atoms with E-state index >= 15 is 0 Å². The van der Waals surface area contributed by atoms with Crippen LogP contribution in [0.5, 0.6) is 5.75 Å². The molecule has 0 N–H and O–H groups in total. The van der Waals surface area contributed by atoms with Gasteiger partial charge in [-0.2, -0.15) is 0 Å². The summed E-state index contributed by atoms with van der Waals surface area (Å²) in [7, 11) is 0. The van der Waals surface area contributed by atoms with E-state index in [1.165, 1.54) is 6.07 Å². The molecule has 0 radical (unpaired) electrons. The van der Waals surface area contributed by atoms with Crippen molar-refractivity contribution in [1.29, 1.82) is 0 Å². The molecular weight excluding hydrogens is 364 g/mol. The molecule has 0 saturated carbocycles. The lowest BCUT2D eigenvalue weighted by atomic mass is 10.0. The molecule has 0 atom stereocenters. The quantitative estimate of drug-likeness (QED) is 0.358. The minimum absolute atomic E-state index is 0.165. The van der Waals surface area contributed by atoms with Gasteiger partial charge in [-0.25, -0.2) is 9.59 Å². The second kappa shape index (κ2) is 7.09. The lowest BCUT2D eigenvalue weighted by Gasteiger charge is -2.12. The molecule has 4 aromatic rings. The van der Waals surface area contributed by atoms with E-state index in [0.717, 1.165) is 0 Å². The minimum Gasteiger partial charge on any atom is -0.422 e. The lowest BCUT2D eigenvalue weighted by molar-refractivity contribution is 0.0737. The fraction of sp³-hybridized carbons (Fsp3) is 0. The number of fused-ring (bicyclic) bond motifs is 1. The molecule has 0 bridgehead atoms. The second-order valence-electron chi connectivity index (χ2n) is 5.86. The number of carbonyl (C=O) groups is 1. The van der Waals surface area contributed by atoms with Crippen LogP contribution in [0.3, 0.4) is 0 Å². The zero-order valence-electron chi connectivity index (χ0n) is 14.0. The first-order valence-corrected chi connectivity index (χ1v) is 8.60. The summed E-state index contributed by atoms with van der Waals surface area (Å²) in [6.45, 7) is 0. The fourth-order valence-corrected chi connectivity index (χ4v) is 3.04. The third-order valence-electron chi connectivity index (χ3n) is 4.08. The average Bonchev–Trinajstić information content (AvgIpc) is 2.68. The van der Waals surface area contributed by atoms with E-state index in [2.05, 4.69) is 0 Å². The number of esters is 1. The maximum atomic E-state index is 12.7. The number of carbonyl (C=O) groups excluding carboxylic acids is 1. The Hall–Kier alpha value is -3.37. The first-order valence-electron chi connectivity index (χ1n) is 8.22. The molecule has 4 rings (SSSR count). The third-order valence-corrected chi connectivity index (χ3v) is 4.32. The van der Waals surface area contributed by atoms with Gasteiger partial charge in [0.1, 0.15) is 11.1 Å². The Bertz CT molecular complexity index is 1200. The molecule has 5 heteroatoms. The van der Waals surface area contributed by atoms with Crippen molar-refractivity contribution in [3.8, 4) is 16.9 Å². The molecule has 0 unspecified atom stereocenters. The number of benzene rings is 3. The highest BCUT2D eigenvalue weighted by molar-refractivity contribution is 6.30. The molecular formula is C22H13ClO4. The van der Waals surface area contributed by atoms with Crippen molar-refractivity contribution < 1.29 is 13.9 Å². The number of rotatable bonds is 3. The van der Waals surface area contributed by atoms with E-state index < -0.39 is 11.6 Å². The predicted molar refractivity (Wildman–Crippen MR) is 104 cm³/mol. The molecule has 0 aliphatic rings. The van der Waals surface area contributed by atoms with Crippen molar-refractivity contribution in [2.75, 3.05) is 0 Å². The van der Waals surface area contributed by atoms with Crippen LogP contribution in [-0.4, -0.2) is 5.97 Å². The van der Waals surface area contributed by atoms with Gasteiger partial charge in [0, 0.05) is 5.02 Å². The van der Waals surface area contributed by atoms with E-state index in [1.807, 2.05) is 6.07 Å². The average molecular weight is 377 g/mol. The van der Waals surface area contributed by atoms with Crippen molar-refractivity contribution in [3.63, 3.8) is 0 Å². The largest absolute Gasteiger partial charge is 0.422 e. The van der Waals surface area contributed by atoms with E-state index in [4.69, 9.17) is 20.8 Å². The van der Waals surface area contributed by atoms with Gasteiger partial charge < -0.3 is 9.15 Å². The minimum atomic E-state index is -0.606. The normalized spacial score (nSPS) is 10.7. The Morgan fingerprint density at radius 2 is 1.63 bits per heavy atom. The van der Waals surface area contributed by atoms with Crippen molar-refractivity contribution in [1.82, 2.24) is 0 Å². The number of hydrogen-bond donors (Lipinski definition) is 0. The topological polar surface area (TPSA) is 56.5 Å². The summed E-state index contributed by atoms with van der Waals surface area (Å²) >= 11 is 5.97. The van der Waals surface area contributed by atoms with E-state index in [-0.39, 0.29) is 11.3 Å². The molecule has 4 nitrogen and oxygen atoms in total. The Kier molecular flexibility index (Phi) is 4.48. The molecule has 0 aliphatic heterocycles. The highest BCUT2D eigenvalue weighted by atomic mass is 35.5. The first-order chi connectivity index (χ1) is 13.1.